The van der Waals surface area contributed by atoms with Gasteiger partial charge in [0.05, 0.1) is 7.11 Å². The highest BCUT2D eigenvalue weighted by molar-refractivity contribution is 5.32. The van der Waals surface area contributed by atoms with Gasteiger partial charge in [0.1, 0.15) is 0 Å². The Hall–Kier alpha value is -1.09. The van der Waals surface area contributed by atoms with Crippen LogP contribution in [0.2, 0.25) is 0 Å². The van der Waals surface area contributed by atoms with Gasteiger partial charge in [-0.1, -0.05) is 6.07 Å². The lowest BCUT2D eigenvalue weighted by Crippen LogP contribution is -2.05. The second-order valence-electron chi connectivity index (χ2n) is 3.03. The molecule has 1 atom stereocenters. The molecule has 1 heterocycles. The van der Waals surface area contributed by atoms with Gasteiger partial charge < -0.3 is 10.5 Å². The summed E-state index contributed by atoms with van der Waals surface area (Å²) >= 11 is 0. The topological polar surface area (TPSA) is 48.1 Å². The molecular formula is C9H12N2O. The summed E-state index contributed by atoms with van der Waals surface area (Å²) in [6.45, 7) is 0. The van der Waals surface area contributed by atoms with E-state index in [4.69, 9.17) is 10.5 Å². The van der Waals surface area contributed by atoms with E-state index < -0.39 is 0 Å². The van der Waals surface area contributed by atoms with Crippen molar-refractivity contribution < 1.29 is 4.74 Å². The number of aromatic nitrogens is 1. The number of nitrogens with two attached hydrogens (primary N) is 1. The van der Waals surface area contributed by atoms with Crippen molar-refractivity contribution >= 4 is 0 Å². The first-order chi connectivity index (χ1) is 5.81. The molecule has 0 spiro atoms. The van der Waals surface area contributed by atoms with Crippen molar-refractivity contribution in [2.45, 2.75) is 18.9 Å². The van der Waals surface area contributed by atoms with Crippen molar-refractivity contribution in [3.8, 4) is 5.88 Å². The Bertz CT molecular complexity index is 299. The van der Waals surface area contributed by atoms with Crippen LogP contribution in [0.4, 0.5) is 0 Å². The van der Waals surface area contributed by atoms with Crippen LogP contribution in [0, 0.1) is 0 Å². The standard InChI is InChI=1S/C9H12N2O/c1-12-9-5-2-6-7(10)3-4-8(6)11-9/h2,5,7H,3-4,10H2,1H3. The fourth-order valence-electron chi connectivity index (χ4n) is 1.59. The zero-order valence-electron chi connectivity index (χ0n) is 7.08. The Morgan fingerprint density at radius 3 is 3.17 bits per heavy atom. The van der Waals surface area contributed by atoms with E-state index in [0.717, 1.165) is 18.5 Å². The lowest BCUT2D eigenvalue weighted by Gasteiger charge is -2.04. The van der Waals surface area contributed by atoms with E-state index in [2.05, 4.69) is 4.98 Å². The van der Waals surface area contributed by atoms with Crippen LogP contribution in [-0.2, 0) is 6.42 Å². The fourth-order valence-corrected chi connectivity index (χ4v) is 1.59. The second-order valence-corrected chi connectivity index (χ2v) is 3.03. The molecule has 2 N–H and O–H groups in total. The van der Waals surface area contributed by atoms with E-state index in [-0.39, 0.29) is 6.04 Å². The molecule has 3 heteroatoms. The van der Waals surface area contributed by atoms with Crippen LogP contribution in [0.3, 0.4) is 0 Å². The van der Waals surface area contributed by atoms with Gasteiger partial charge in [-0.25, -0.2) is 4.98 Å². The number of nitrogens with zero attached hydrogens (tertiary/aromatic N) is 1. The van der Waals surface area contributed by atoms with Crippen molar-refractivity contribution in [1.29, 1.82) is 0 Å². The van der Waals surface area contributed by atoms with Gasteiger partial charge in [0.25, 0.3) is 0 Å². The molecule has 3 nitrogen and oxygen atoms in total. The summed E-state index contributed by atoms with van der Waals surface area (Å²) in [7, 11) is 1.63. The van der Waals surface area contributed by atoms with Crippen LogP contribution in [0.5, 0.6) is 5.88 Å². The van der Waals surface area contributed by atoms with Crippen LogP contribution >= 0.6 is 0 Å². The Balaban J connectivity index is 2.41. The summed E-state index contributed by atoms with van der Waals surface area (Å²) in [6.07, 6.45) is 1.99. The summed E-state index contributed by atoms with van der Waals surface area (Å²) in [5.41, 5.74) is 8.13. The normalized spacial score (nSPS) is 20.7. The number of fused-ring (bicyclic) bond motifs is 1. The zero-order chi connectivity index (χ0) is 8.55. The molecule has 1 aromatic heterocycles. The van der Waals surface area contributed by atoms with E-state index in [1.165, 1.54) is 5.56 Å². The maximum Gasteiger partial charge on any atom is 0.213 e. The summed E-state index contributed by atoms with van der Waals surface area (Å²) in [5, 5.41) is 0. The van der Waals surface area contributed by atoms with Crippen molar-refractivity contribution in [2.24, 2.45) is 5.73 Å². The molecular weight excluding hydrogens is 152 g/mol. The molecule has 0 fully saturated rings. The lowest BCUT2D eigenvalue weighted by molar-refractivity contribution is 0.396. The monoisotopic (exact) mass is 164 g/mol. The first-order valence-corrected chi connectivity index (χ1v) is 4.10. The van der Waals surface area contributed by atoms with E-state index in [1.807, 2.05) is 12.1 Å². The molecule has 1 unspecified atom stereocenters. The number of methoxy groups -OCH3 is 1. The van der Waals surface area contributed by atoms with Gasteiger partial charge in [0.2, 0.25) is 5.88 Å². The minimum absolute atomic E-state index is 0.179. The highest BCUT2D eigenvalue weighted by Gasteiger charge is 2.20. The smallest absolute Gasteiger partial charge is 0.213 e. The molecule has 0 bridgehead atoms. The third-order valence-corrected chi connectivity index (χ3v) is 2.28. The van der Waals surface area contributed by atoms with Gasteiger partial charge >= 0.3 is 0 Å². The van der Waals surface area contributed by atoms with Crippen LogP contribution in [0.15, 0.2) is 12.1 Å². The number of aryl methyl sites for hydroxylation is 1. The quantitative estimate of drug-likeness (QED) is 0.674. The molecule has 2 rings (SSSR count). The van der Waals surface area contributed by atoms with Crippen molar-refractivity contribution in [3.63, 3.8) is 0 Å². The molecule has 1 aromatic rings. The number of hydrogen-bond acceptors (Lipinski definition) is 3. The van der Waals surface area contributed by atoms with Crippen molar-refractivity contribution in [3.05, 3.63) is 23.4 Å². The minimum Gasteiger partial charge on any atom is -0.481 e. The Morgan fingerprint density at radius 1 is 1.58 bits per heavy atom. The van der Waals surface area contributed by atoms with E-state index in [9.17, 15) is 0 Å². The molecule has 12 heavy (non-hydrogen) atoms. The zero-order valence-corrected chi connectivity index (χ0v) is 7.08. The molecule has 0 amide bonds. The van der Waals surface area contributed by atoms with Crippen LogP contribution < -0.4 is 10.5 Å². The van der Waals surface area contributed by atoms with Crippen LogP contribution in [0.25, 0.3) is 0 Å². The predicted octanol–water partition coefficient (Wildman–Crippen LogP) is 1.04. The Kier molecular flexibility index (Phi) is 1.73. The largest absolute Gasteiger partial charge is 0.481 e. The summed E-state index contributed by atoms with van der Waals surface area (Å²) in [4.78, 5) is 4.32. The van der Waals surface area contributed by atoms with Gasteiger partial charge in [-0.3, -0.25) is 0 Å². The number of rotatable bonds is 1. The molecule has 1 aliphatic carbocycles. The fraction of sp³-hybridized carbons (Fsp3) is 0.444. The molecule has 0 aromatic carbocycles. The highest BCUT2D eigenvalue weighted by atomic mass is 16.5. The van der Waals surface area contributed by atoms with Crippen molar-refractivity contribution in [1.82, 2.24) is 4.98 Å². The van der Waals surface area contributed by atoms with Gasteiger partial charge in [-0.15, -0.1) is 0 Å². The third kappa shape index (κ3) is 1.06. The second kappa shape index (κ2) is 2.75. The number of hydrogen-bond donors (Lipinski definition) is 1. The maximum atomic E-state index is 5.86. The summed E-state index contributed by atoms with van der Waals surface area (Å²) in [5.74, 6) is 0.683. The van der Waals surface area contributed by atoms with E-state index in [1.54, 1.807) is 7.11 Å². The third-order valence-electron chi connectivity index (χ3n) is 2.28. The SMILES string of the molecule is COc1ccc2c(n1)CCC2N. The number of pyridine rings is 1. The molecule has 1 aliphatic rings. The predicted molar refractivity (Wildman–Crippen MR) is 46.0 cm³/mol. The average molecular weight is 164 g/mol. The van der Waals surface area contributed by atoms with Gasteiger partial charge in [0.15, 0.2) is 0 Å². The number of ether oxygens (including phenoxy) is 1. The summed E-state index contributed by atoms with van der Waals surface area (Å²) < 4.78 is 5.02. The van der Waals surface area contributed by atoms with Gasteiger partial charge in [-0.05, 0) is 18.4 Å². The Morgan fingerprint density at radius 2 is 2.42 bits per heavy atom. The molecule has 0 radical (unpaired) electrons. The lowest BCUT2D eigenvalue weighted by atomic mass is 10.2. The molecule has 0 saturated carbocycles. The van der Waals surface area contributed by atoms with Crippen LogP contribution in [0.1, 0.15) is 23.7 Å². The maximum absolute atomic E-state index is 5.86. The van der Waals surface area contributed by atoms with Crippen molar-refractivity contribution in [2.75, 3.05) is 7.11 Å². The molecule has 0 aliphatic heterocycles. The van der Waals surface area contributed by atoms with Gasteiger partial charge in [-0.2, -0.15) is 0 Å². The average Bonchev–Trinajstić information content (AvgIpc) is 2.47. The van der Waals surface area contributed by atoms with E-state index in [0.29, 0.717) is 5.88 Å². The van der Waals surface area contributed by atoms with E-state index >= 15 is 0 Å². The first-order valence-electron chi connectivity index (χ1n) is 4.10. The van der Waals surface area contributed by atoms with Gasteiger partial charge in [0, 0.05) is 17.8 Å². The molecule has 0 saturated heterocycles. The molecule has 64 valence electrons. The first kappa shape index (κ1) is 7.55. The summed E-state index contributed by atoms with van der Waals surface area (Å²) in [6, 6.07) is 4.06. The highest BCUT2D eigenvalue weighted by Crippen LogP contribution is 2.28. The van der Waals surface area contributed by atoms with Crippen LogP contribution in [-0.4, -0.2) is 12.1 Å². The Labute approximate surface area is 71.6 Å². The minimum atomic E-state index is 0.179.